The summed E-state index contributed by atoms with van der Waals surface area (Å²) in [6.07, 6.45) is 0.0822. The van der Waals surface area contributed by atoms with E-state index in [1.807, 2.05) is 56.3 Å². The van der Waals surface area contributed by atoms with Crippen LogP contribution in [0.5, 0.6) is 0 Å². The zero-order chi connectivity index (χ0) is 19.0. The van der Waals surface area contributed by atoms with Crippen molar-refractivity contribution in [1.29, 1.82) is 0 Å². The highest BCUT2D eigenvalue weighted by Crippen LogP contribution is 2.25. The van der Waals surface area contributed by atoms with Crippen LogP contribution in [0.2, 0.25) is 0 Å². The van der Waals surface area contributed by atoms with Gasteiger partial charge in [-0.05, 0) is 50.1 Å². The molecule has 1 amide bonds. The van der Waals surface area contributed by atoms with Crippen LogP contribution in [0.25, 0.3) is 22.6 Å². The summed E-state index contributed by atoms with van der Waals surface area (Å²) < 4.78 is 11.4. The van der Waals surface area contributed by atoms with Gasteiger partial charge < -0.3 is 8.83 Å². The molecule has 0 saturated carbocycles. The lowest BCUT2D eigenvalue weighted by Gasteiger charge is -1.98. The third kappa shape index (κ3) is 3.46. The van der Waals surface area contributed by atoms with Gasteiger partial charge in [0.2, 0.25) is 11.8 Å². The number of aryl methyl sites for hydroxylation is 3. The van der Waals surface area contributed by atoms with Crippen LogP contribution in [-0.4, -0.2) is 15.9 Å². The second kappa shape index (κ2) is 6.72. The fourth-order valence-electron chi connectivity index (χ4n) is 3.04. The minimum atomic E-state index is -0.257. The lowest BCUT2D eigenvalue weighted by Crippen LogP contribution is -2.15. The fourth-order valence-corrected chi connectivity index (χ4v) is 3.04. The van der Waals surface area contributed by atoms with Crippen LogP contribution in [0.3, 0.4) is 0 Å². The van der Waals surface area contributed by atoms with Crippen molar-refractivity contribution >= 4 is 23.0 Å². The Hall–Kier alpha value is -3.41. The minimum absolute atomic E-state index is 0.0822. The molecule has 136 valence electrons. The highest BCUT2D eigenvalue weighted by Gasteiger charge is 2.17. The Balaban J connectivity index is 1.52. The average Bonchev–Trinajstić information content (AvgIpc) is 3.19. The highest BCUT2D eigenvalue weighted by molar-refractivity contribution is 5.91. The largest absolute Gasteiger partial charge is 0.441 e. The fraction of sp³-hybridized carbons (Fsp3) is 0.190. The van der Waals surface area contributed by atoms with Crippen molar-refractivity contribution in [3.63, 3.8) is 0 Å². The number of oxazole rings is 2. The van der Waals surface area contributed by atoms with Crippen LogP contribution in [0.1, 0.15) is 22.6 Å². The molecule has 0 aliphatic heterocycles. The number of hydrogen-bond acceptors (Lipinski definition) is 5. The molecular formula is C21H19N3O3. The SMILES string of the molecule is Cc1cc(C)c2oc(NC(=O)Cc3nc(-c4ccccc4)oc3C)nc2c1. The normalized spacial score (nSPS) is 11.1. The van der Waals surface area contributed by atoms with Crippen molar-refractivity contribution in [3.05, 3.63) is 65.0 Å². The Morgan fingerprint density at radius 3 is 2.59 bits per heavy atom. The number of aromatic nitrogens is 2. The number of rotatable bonds is 4. The molecule has 1 N–H and O–H groups in total. The van der Waals surface area contributed by atoms with Crippen molar-refractivity contribution in [3.8, 4) is 11.5 Å². The quantitative estimate of drug-likeness (QED) is 0.575. The summed E-state index contributed by atoms with van der Waals surface area (Å²) in [6, 6.07) is 13.7. The van der Waals surface area contributed by atoms with Gasteiger partial charge in [-0.1, -0.05) is 24.3 Å². The molecule has 4 aromatic rings. The van der Waals surface area contributed by atoms with Crippen molar-refractivity contribution in [2.75, 3.05) is 5.32 Å². The van der Waals surface area contributed by atoms with E-state index in [2.05, 4.69) is 15.3 Å². The summed E-state index contributed by atoms with van der Waals surface area (Å²) in [7, 11) is 0. The molecule has 6 heteroatoms. The van der Waals surface area contributed by atoms with E-state index in [0.717, 1.165) is 22.2 Å². The number of nitrogens with zero attached hydrogens (tertiary/aromatic N) is 2. The summed E-state index contributed by atoms with van der Waals surface area (Å²) >= 11 is 0. The number of benzene rings is 2. The van der Waals surface area contributed by atoms with Gasteiger partial charge in [-0.2, -0.15) is 4.98 Å². The topological polar surface area (TPSA) is 81.2 Å². The Morgan fingerprint density at radius 1 is 1.04 bits per heavy atom. The average molecular weight is 361 g/mol. The van der Waals surface area contributed by atoms with Gasteiger partial charge in [0, 0.05) is 5.56 Å². The molecule has 0 aliphatic carbocycles. The zero-order valence-electron chi connectivity index (χ0n) is 15.4. The first-order valence-corrected chi connectivity index (χ1v) is 8.69. The molecule has 0 fully saturated rings. The number of carbonyl (C=O) groups is 1. The summed E-state index contributed by atoms with van der Waals surface area (Å²) in [6.45, 7) is 5.75. The number of carbonyl (C=O) groups excluding carboxylic acids is 1. The van der Waals surface area contributed by atoms with Gasteiger partial charge >= 0.3 is 6.01 Å². The van der Waals surface area contributed by atoms with E-state index >= 15 is 0 Å². The predicted octanol–water partition coefficient (Wildman–Crippen LogP) is 4.59. The third-order valence-corrected chi connectivity index (χ3v) is 4.31. The predicted molar refractivity (Wildman–Crippen MR) is 102 cm³/mol. The lowest BCUT2D eigenvalue weighted by atomic mass is 10.1. The van der Waals surface area contributed by atoms with Crippen LogP contribution in [0.15, 0.2) is 51.3 Å². The molecule has 2 aromatic carbocycles. The maximum absolute atomic E-state index is 12.4. The van der Waals surface area contributed by atoms with Gasteiger partial charge in [0.1, 0.15) is 11.3 Å². The molecule has 2 aromatic heterocycles. The third-order valence-electron chi connectivity index (χ3n) is 4.31. The first kappa shape index (κ1) is 17.0. The molecule has 0 saturated heterocycles. The highest BCUT2D eigenvalue weighted by atomic mass is 16.4. The van der Waals surface area contributed by atoms with Gasteiger partial charge in [-0.15, -0.1) is 0 Å². The van der Waals surface area contributed by atoms with E-state index in [0.29, 0.717) is 22.9 Å². The minimum Gasteiger partial charge on any atom is -0.441 e. The molecule has 0 spiro atoms. The lowest BCUT2D eigenvalue weighted by molar-refractivity contribution is -0.115. The van der Waals surface area contributed by atoms with Gasteiger partial charge in [0.25, 0.3) is 0 Å². The van der Waals surface area contributed by atoms with E-state index in [9.17, 15) is 4.79 Å². The molecule has 0 atom stereocenters. The standard InChI is InChI=1S/C21H19N3O3/c1-12-9-13(2)19-17(10-12)23-21(27-19)24-18(25)11-16-14(3)26-20(22-16)15-7-5-4-6-8-15/h4-10H,11H2,1-3H3,(H,23,24,25). The number of fused-ring (bicyclic) bond motifs is 1. The van der Waals surface area contributed by atoms with E-state index < -0.39 is 0 Å². The second-order valence-electron chi connectivity index (χ2n) is 6.56. The Kier molecular flexibility index (Phi) is 4.24. The van der Waals surface area contributed by atoms with Crippen LogP contribution < -0.4 is 5.32 Å². The van der Waals surface area contributed by atoms with Crippen molar-refractivity contribution in [2.24, 2.45) is 0 Å². The van der Waals surface area contributed by atoms with E-state index in [1.54, 1.807) is 6.92 Å². The second-order valence-corrected chi connectivity index (χ2v) is 6.56. The maximum Gasteiger partial charge on any atom is 0.302 e. The van der Waals surface area contributed by atoms with E-state index in [4.69, 9.17) is 8.83 Å². The molecule has 6 nitrogen and oxygen atoms in total. The maximum atomic E-state index is 12.4. The molecule has 0 unspecified atom stereocenters. The molecule has 0 bridgehead atoms. The van der Waals surface area contributed by atoms with Crippen LogP contribution in [0.4, 0.5) is 6.01 Å². The monoisotopic (exact) mass is 361 g/mol. The molecule has 0 aliphatic rings. The Morgan fingerprint density at radius 2 is 1.81 bits per heavy atom. The van der Waals surface area contributed by atoms with Gasteiger partial charge in [-0.3, -0.25) is 10.1 Å². The summed E-state index contributed by atoms with van der Waals surface area (Å²) in [4.78, 5) is 21.2. The van der Waals surface area contributed by atoms with E-state index in [-0.39, 0.29) is 18.3 Å². The van der Waals surface area contributed by atoms with Gasteiger partial charge in [0.05, 0.1) is 12.1 Å². The first-order chi connectivity index (χ1) is 13.0. The van der Waals surface area contributed by atoms with Crippen LogP contribution >= 0.6 is 0 Å². The van der Waals surface area contributed by atoms with Crippen molar-refractivity contribution < 1.29 is 13.6 Å². The van der Waals surface area contributed by atoms with Crippen LogP contribution in [0, 0.1) is 20.8 Å². The Bertz CT molecular complexity index is 1130. The molecule has 2 heterocycles. The molecular weight excluding hydrogens is 342 g/mol. The van der Waals surface area contributed by atoms with Crippen LogP contribution in [-0.2, 0) is 11.2 Å². The summed E-state index contributed by atoms with van der Waals surface area (Å²) in [5.41, 5.74) is 4.95. The van der Waals surface area contributed by atoms with Crippen molar-refractivity contribution in [1.82, 2.24) is 9.97 Å². The number of anilines is 1. The van der Waals surface area contributed by atoms with Gasteiger partial charge in [0.15, 0.2) is 5.58 Å². The summed E-state index contributed by atoms with van der Waals surface area (Å²) in [5.74, 6) is 0.865. The Labute approximate surface area is 156 Å². The number of amides is 1. The molecule has 0 radical (unpaired) electrons. The number of hydrogen-bond donors (Lipinski definition) is 1. The van der Waals surface area contributed by atoms with Crippen molar-refractivity contribution in [2.45, 2.75) is 27.2 Å². The molecule has 4 rings (SSSR count). The van der Waals surface area contributed by atoms with Gasteiger partial charge in [-0.25, -0.2) is 4.98 Å². The smallest absolute Gasteiger partial charge is 0.302 e. The first-order valence-electron chi connectivity index (χ1n) is 8.69. The molecule has 27 heavy (non-hydrogen) atoms. The number of nitrogens with one attached hydrogen (secondary N) is 1. The summed E-state index contributed by atoms with van der Waals surface area (Å²) in [5, 5.41) is 2.70. The zero-order valence-corrected chi connectivity index (χ0v) is 15.4. The van der Waals surface area contributed by atoms with E-state index in [1.165, 1.54) is 0 Å².